The van der Waals surface area contributed by atoms with Crippen LogP contribution in [0.3, 0.4) is 0 Å². The maximum Gasteiger partial charge on any atom is 0.410 e. The number of aliphatic hydroxyl groups is 1. The summed E-state index contributed by atoms with van der Waals surface area (Å²) >= 11 is 9.59. The number of aromatic nitrogens is 1. The molecule has 1 aliphatic rings. The number of rotatable bonds is 8. The smallest absolute Gasteiger partial charge is 0.410 e. The van der Waals surface area contributed by atoms with E-state index < -0.39 is 37.2 Å². The Hall–Kier alpha value is -2.23. The van der Waals surface area contributed by atoms with Crippen molar-refractivity contribution in [3.8, 4) is 0 Å². The molecule has 0 bridgehead atoms. The Labute approximate surface area is 264 Å². The SMILES string of the molecule is CC(C)(C)OC(=O)N1C(CCC(C)(C)[Si](O)(c2ccccc2)c2ccccc2)CCCC1C(O)c1cc(Cl)nc(Br)c1. The van der Waals surface area contributed by atoms with Crippen LogP contribution in [-0.2, 0) is 4.74 Å². The predicted octanol–water partition coefficient (Wildman–Crippen LogP) is 7.00. The zero-order valence-electron chi connectivity index (χ0n) is 25.1. The van der Waals surface area contributed by atoms with Gasteiger partial charge in [-0.2, -0.15) is 0 Å². The number of benzene rings is 2. The van der Waals surface area contributed by atoms with Crippen LogP contribution in [0, 0.1) is 0 Å². The maximum atomic E-state index is 13.8. The molecule has 1 amide bonds. The van der Waals surface area contributed by atoms with Crippen molar-refractivity contribution in [3.05, 3.63) is 88.1 Å². The lowest BCUT2D eigenvalue weighted by atomic mass is 9.87. The van der Waals surface area contributed by atoms with Crippen molar-refractivity contribution in [1.82, 2.24) is 9.88 Å². The average molecular weight is 674 g/mol. The summed E-state index contributed by atoms with van der Waals surface area (Å²) in [4.78, 5) is 32.3. The van der Waals surface area contributed by atoms with E-state index >= 15 is 0 Å². The molecule has 0 spiro atoms. The Bertz CT molecular complexity index is 1290. The molecule has 0 aliphatic carbocycles. The minimum atomic E-state index is -3.22. The van der Waals surface area contributed by atoms with E-state index in [1.54, 1.807) is 17.0 Å². The monoisotopic (exact) mass is 672 g/mol. The van der Waals surface area contributed by atoms with Crippen molar-refractivity contribution in [2.45, 2.75) is 95.5 Å². The third kappa shape index (κ3) is 7.28. The average Bonchev–Trinajstić information content (AvgIpc) is 2.94. The van der Waals surface area contributed by atoms with E-state index in [1.807, 2.05) is 81.4 Å². The number of ether oxygens (including phenoxy) is 1. The standard InChI is InChI=1S/C33H42BrClN2O4Si/c1-32(2,3)41-31(39)37-24(13-12-18-27(37)30(38)23-21-28(34)36-29(35)22-23)19-20-33(4,5)42(40,25-14-8-6-9-15-25)26-16-10-7-11-17-26/h6-11,14-17,21-22,24,27,30,38,40H,12-13,18-20H2,1-5H3. The quantitative estimate of drug-likeness (QED) is 0.199. The topological polar surface area (TPSA) is 82.9 Å². The molecule has 2 heterocycles. The third-order valence-corrected chi connectivity index (χ3v) is 13.5. The molecule has 0 saturated carbocycles. The largest absolute Gasteiger partial charge is 0.444 e. The Kier molecular flexibility index (Phi) is 10.3. The zero-order valence-corrected chi connectivity index (χ0v) is 28.4. The van der Waals surface area contributed by atoms with Crippen LogP contribution in [0.4, 0.5) is 4.79 Å². The summed E-state index contributed by atoms with van der Waals surface area (Å²) in [5.74, 6) is 0. The van der Waals surface area contributed by atoms with Crippen LogP contribution >= 0.6 is 27.5 Å². The molecule has 1 aliphatic heterocycles. The molecule has 226 valence electrons. The highest BCUT2D eigenvalue weighted by Crippen LogP contribution is 2.43. The van der Waals surface area contributed by atoms with E-state index in [4.69, 9.17) is 16.3 Å². The van der Waals surface area contributed by atoms with Gasteiger partial charge in [0.1, 0.15) is 15.4 Å². The van der Waals surface area contributed by atoms with Gasteiger partial charge in [-0.25, -0.2) is 9.78 Å². The lowest BCUT2D eigenvalue weighted by Gasteiger charge is -2.46. The fourth-order valence-electron chi connectivity index (χ4n) is 6.20. The lowest BCUT2D eigenvalue weighted by molar-refractivity contribution is -0.0374. The van der Waals surface area contributed by atoms with Crippen molar-refractivity contribution >= 4 is 52.3 Å². The first-order chi connectivity index (χ1) is 19.7. The van der Waals surface area contributed by atoms with Gasteiger partial charge in [0, 0.05) is 6.04 Å². The molecule has 1 saturated heterocycles. The molecule has 0 radical (unpaired) electrons. The summed E-state index contributed by atoms with van der Waals surface area (Å²) < 4.78 is 6.42. The van der Waals surface area contributed by atoms with E-state index in [9.17, 15) is 14.7 Å². The van der Waals surface area contributed by atoms with E-state index in [-0.39, 0.29) is 11.2 Å². The number of pyridine rings is 1. The highest BCUT2D eigenvalue weighted by Gasteiger charge is 2.50. The number of hydrogen-bond donors (Lipinski definition) is 2. The summed E-state index contributed by atoms with van der Waals surface area (Å²) in [5, 5.41) is 13.3. The summed E-state index contributed by atoms with van der Waals surface area (Å²) in [6.45, 7) is 9.84. The van der Waals surface area contributed by atoms with E-state index in [0.717, 1.165) is 23.2 Å². The van der Waals surface area contributed by atoms with Crippen LogP contribution in [0.15, 0.2) is 77.4 Å². The molecule has 4 rings (SSSR count). The molecule has 3 atom stereocenters. The van der Waals surface area contributed by atoms with Crippen molar-refractivity contribution in [1.29, 1.82) is 0 Å². The van der Waals surface area contributed by atoms with Gasteiger partial charge in [0.2, 0.25) is 0 Å². The van der Waals surface area contributed by atoms with Crippen LogP contribution in [0.25, 0.3) is 0 Å². The molecule has 42 heavy (non-hydrogen) atoms. The van der Waals surface area contributed by atoms with Crippen LogP contribution in [0.5, 0.6) is 0 Å². The first kappa shape index (κ1) is 32.7. The number of piperidine rings is 1. The van der Waals surface area contributed by atoms with Gasteiger partial charge in [0.25, 0.3) is 8.32 Å². The first-order valence-corrected chi connectivity index (χ1v) is 17.7. The van der Waals surface area contributed by atoms with Crippen molar-refractivity contribution < 1.29 is 19.4 Å². The van der Waals surface area contributed by atoms with Gasteiger partial charge in [-0.05, 0) is 102 Å². The van der Waals surface area contributed by atoms with E-state index in [2.05, 4.69) is 34.8 Å². The molecular weight excluding hydrogens is 632 g/mol. The van der Waals surface area contributed by atoms with Crippen LogP contribution in [0.2, 0.25) is 10.2 Å². The number of amides is 1. The fraction of sp³-hybridized carbons (Fsp3) is 0.455. The number of likely N-dealkylation sites (tertiary alicyclic amines) is 1. The van der Waals surface area contributed by atoms with Gasteiger partial charge in [0.15, 0.2) is 0 Å². The second-order valence-corrected chi connectivity index (χ2v) is 18.0. The highest BCUT2D eigenvalue weighted by atomic mass is 79.9. The fourth-order valence-corrected chi connectivity index (χ4v) is 10.7. The molecule has 1 fully saturated rings. The second kappa shape index (κ2) is 13.2. The van der Waals surface area contributed by atoms with Gasteiger partial charge < -0.3 is 14.6 Å². The molecule has 3 unspecified atom stereocenters. The van der Waals surface area contributed by atoms with Gasteiger partial charge in [-0.1, -0.05) is 86.1 Å². The summed E-state index contributed by atoms with van der Waals surface area (Å²) in [6, 6.07) is 22.7. The maximum absolute atomic E-state index is 13.8. The van der Waals surface area contributed by atoms with Crippen LogP contribution in [0.1, 0.15) is 78.4 Å². The van der Waals surface area contributed by atoms with Gasteiger partial charge >= 0.3 is 6.09 Å². The van der Waals surface area contributed by atoms with Crippen molar-refractivity contribution in [3.63, 3.8) is 0 Å². The third-order valence-electron chi connectivity index (χ3n) is 8.35. The molecule has 2 aromatic carbocycles. The van der Waals surface area contributed by atoms with E-state index in [0.29, 0.717) is 29.4 Å². The highest BCUT2D eigenvalue weighted by molar-refractivity contribution is 9.10. The molecule has 3 aromatic rings. The van der Waals surface area contributed by atoms with Crippen LogP contribution < -0.4 is 10.4 Å². The number of aliphatic hydroxyl groups excluding tert-OH is 1. The molecular formula is C33H42BrClN2O4Si. The first-order valence-electron chi connectivity index (χ1n) is 14.6. The Morgan fingerprint density at radius 3 is 2.14 bits per heavy atom. The Morgan fingerprint density at radius 1 is 1.05 bits per heavy atom. The van der Waals surface area contributed by atoms with Crippen molar-refractivity contribution in [2.75, 3.05) is 0 Å². The second-order valence-electron chi connectivity index (χ2n) is 12.9. The molecule has 6 nitrogen and oxygen atoms in total. The molecule has 1 aromatic heterocycles. The predicted molar refractivity (Wildman–Crippen MR) is 175 cm³/mol. The van der Waals surface area contributed by atoms with Crippen molar-refractivity contribution in [2.24, 2.45) is 0 Å². The Balaban J connectivity index is 1.67. The molecule has 2 N–H and O–H groups in total. The number of carbonyl (C=O) groups excluding carboxylic acids is 1. The minimum Gasteiger partial charge on any atom is -0.444 e. The summed E-state index contributed by atoms with van der Waals surface area (Å²) in [7, 11) is -3.22. The minimum absolute atomic E-state index is 0.168. The van der Waals surface area contributed by atoms with Gasteiger partial charge in [-0.15, -0.1) is 0 Å². The number of halogens is 2. The van der Waals surface area contributed by atoms with Gasteiger partial charge in [0.05, 0.1) is 12.1 Å². The van der Waals surface area contributed by atoms with E-state index in [1.165, 1.54) is 0 Å². The normalized spacial score (nSPS) is 18.9. The summed E-state index contributed by atoms with van der Waals surface area (Å²) in [5.41, 5.74) is -0.0960. The van der Waals surface area contributed by atoms with Gasteiger partial charge in [-0.3, -0.25) is 4.90 Å². The van der Waals surface area contributed by atoms with Crippen LogP contribution in [-0.4, -0.2) is 51.9 Å². The Morgan fingerprint density at radius 2 is 1.62 bits per heavy atom. The number of carbonyl (C=O) groups is 1. The number of hydrogen-bond acceptors (Lipinski definition) is 5. The number of nitrogens with zero attached hydrogens (tertiary/aromatic N) is 2. The zero-order chi connectivity index (χ0) is 30.7. The molecule has 9 heteroatoms. The lowest BCUT2D eigenvalue weighted by Crippen LogP contribution is -2.65. The summed E-state index contributed by atoms with van der Waals surface area (Å²) in [6.07, 6.45) is 2.20.